The van der Waals surface area contributed by atoms with Crippen LogP contribution in [0, 0.1) is 0 Å². The number of hydrogen-bond acceptors (Lipinski definition) is 4. The Morgan fingerprint density at radius 3 is 2.83 bits per heavy atom. The van der Waals surface area contributed by atoms with E-state index in [1.807, 2.05) is 6.92 Å². The maximum absolute atomic E-state index is 5.23. The Balaban J connectivity index is 3.13. The maximum Gasteiger partial charge on any atom is 0.175 e. The quantitative estimate of drug-likeness (QED) is 0.477. The molecular weight excluding hydrogens is 196 g/mol. The van der Waals surface area contributed by atoms with Gasteiger partial charge in [0.15, 0.2) is 8.60 Å². The molecule has 12 heavy (non-hydrogen) atoms. The Hall–Kier alpha value is 0.410. The predicted molar refractivity (Wildman–Crippen MR) is 52.3 cm³/mol. The first-order valence-electron chi connectivity index (χ1n) is 3.64. The lowest BCUT2D eigenvalue weighted by Crippen LogP contribution is -2.14. The summed E-state index contributed by atoms with van der Waals surface area (Å²) in [4.78, 5) is 0. The van der Waals surface area contributed by atoms with Gasteiger partial charge in [-0.2, -0.15) is 0 Å². The Bertz CT molecular complexity index is 123. The highest BCUT2D eigenvalue weighted by atomic mass is 31.1. The molecule has 0 rings (SSSR count). The maximum atomic E-state index is 5.23. The molecule has 0 saturated carbocycles. The van der Waals surface area contributed by atoms with Crippen LogP contribution in [0.25, 0.3) is 0 Å². The summed E-state index contributed by atoms with van der Waals surface area (Å²) in [7, 11) is 4.51. The molecule has 0 aliphatic carbocycles. The summed E-state index contributed by atoms with van der Waals surface area (Å²) in [5, 5.41) is 0. The van der Waals surface area contributed by atoms with Crippen LogP contribution < -0.4 is 0 Å². The van der Waals surface area contributed by atoms with Crippen LogP contribution in [-0.4, -0.2) is 33.0 Å². The summed E-state index contributed by atoms with van der Waals surface area (Å²) in [5.41, 5.74) is 0. The van der Waals surface area contributed by atoms with E-state index in [1.54, 1.807) is 7.11 Å². The van der Waals surface area contributed by atoms with Gasteiger partial charge in [-0.3, -0.25) is 0 Å². The van der Waals surface area contributed by atoms with Crippen LogP contribution in [0.4, 0.5) is 0 Å². The van der Waals surface area contributed by atoms with Crippen LogP contribution >= 0.6 is 18.0 Å². The molecule has 0 aliphatic rings. The summed E-state index contributed by atoms with van der Waals surface area (Å²) in [5.74, 6) is 0. The Kier molecular flexibility index (Phi) is 9.82. The van der Waals surface area contributed by atoms with Crippen molar-refractivity contribution in [1.82, 2.24) is 0 Å². The molecule has 0 saturated heterocycles. The topological polar surface area (TPSA) is 40.0 Å². The molecule has 0 spiro atoms. The average molecular weight is 211 g/mol. The molecule has 0 radical (unpaired) electrons. The van der Waals surface area contributed by atoms with Crippen molar-refractivity contribution in [3.05, 3.63) is 0 Å². The van der Waals surface area contributed by atoms with E-state index in [1.165, 1.54) is 0 Å². The van der Waals surface area contributed by atoms with Crippen LogP contribution in [0.2, 0.25) is 0 Å². The molecular formula is C6H15NO3P2. The second-order valence-electron chi connectivity index (χ2n) is 2.18. The molecule has 2 atom stereocenters. The highest BCUT2D eigenvalue weighted by molar-refractivity contribution is 7.31. The summed E-state index contributed by atoms with van der Waals surface area (Å²) in [6.07, 6.45) is 0.0767. The van der Waals surface area contributed by atoms with Crippen molar-refractivity contribution < 1.29 is 14.0 Å². The molecule has 6 heteroatoms. The van der Waals surface area contributed by atoms with Crippen molar-refractivity contribution in [2.75, 3.05) is 26.9 Å². The van der Waals surface area contributed by atoms with Gasteiger partial charge in [0, 0.05) is 7.11 Å². The lowest BCUT2D eigenvalue weighted by molar-refractivity contribution is 0.0335. The van der Waals surface area contributed by atoms with Crippen LogP contribution in [0.1, 0.15) is 6.92 Å². The smallest absolute Gasteiger partial charge is 0.175 e. The molecule has 0 bridgehead atoms. The number of methoxy groups -OCH3 is 1. The summed E-state index contributed by atoms with van der Waals surface area (Å²) >= 11 is 0. The highest BCUT2D eigenvalue weighted by Crippen LogP contribution is 2.09. The van der Waals surface area contributed by atoms with Gasteiger partial charge in [0.1, 0.15) is 0 Å². The fourth-order valence-electron chi connectivity index (χ4n) is 0.530. The lowest BCUT2D eigenvalue weighted by Gasteiger charge is -2.08. The standard InChI is InChI=1S/C6H15NO3P2/c1-6(10-12-7-11)5-9-4-3-8-2/h6H,3-5,11H2,1-2H3. The van der Waals surface area contributed by atoms with Gasteiger partial charge in [0.2, 0.25) is 0 Å². The van der Waals surface area contributed by atoms with E-state index < -0.39 is 0 Å². The molecule has 0 amide bonds. The molecule has 0 heterocycles. The number of ether oxygens (including phenoxy) is 2. The normalized spacial score (nSPS) is 13.9. The van der Waals surface area contributed by atoms with Crippen LogP contribution in [0.5, 0.6) is 0 Å². The van der Waals surface area contributed by atoms with Crippen LogP contribution in [0.3, 0.4) is 0 Å². The van der Waals surface area contributed by atoms with Crippen molar-refractivity contribution in [2.45, 2.75) is 13.0 Å². The Labute approximate surface area is 77.2 Å². The van der Waals surface area contributed by atoms with Gasteiger partial charge in [-0.25, -0.2) is 4.52 Å². The van der Waals surface area contributed by atoms with Gasteiger partial charge >= 0.3 is 0 Å². The Morgan fingerprint density at radius 1 is 1.50 bits per heavy atom. The molecule has 0 aromatic rings. The first kappa shape index (κ1) is 12.4. The second kappa shape index (κ2) is 9.50. The van der Waals surface area contributed by atoms with Gasteiger partial charge in [-0.05, 0) is 16.3 Å². The van der Waals surface area contributed by atoms with Gasteiger partial charge in [0.05, 0.1) is 25.9 Å². The predicted octanol–water partition coefficient (Wildman–Crippen LogP) is 1.89. The summed E-state index contributed by atoms with van der Waals surface area (Å²) < 4.78 is 18.9. The van der Waals surface area contributed by atoms with Crippen molar-refractivity contribution >= 4 is 18.0 Å². The zero-order chi connectivity index (χ0) is 9.23. The molecule has 0 aliphatic heterocycles. The first-order valence-corrected chi connectivity index (χ1v) is 4.92. The minimum atomic E-state index is 0.0767. The number of rotatable bonds is 7. The third-order valence-corrected chi connectivity index (χ3v) is 1.89. The van der Waals surface area contributed by atoms with Gasteiger partial charge < -0.3 is 14.0 Å². The minimum absolute atomic E-state index is 0.0767. The van der Waals surface area contributed by atoms with Crippen molar-refractivity contribution in [3.63, 3.8) is 0 Å². The van der Waals surface area contributed by atoms with E-state index >= 15 is 0 Å². The van der Waals surface area contributed by atoms with Crippen LogP contribution in [-0.2, 0) is 14.0 Å². The third kappa shape index (κ3) is 8.51. The number of hydrogen-bond donors (Lipinski definition) is 0. The third-order valence-electron chi connectivity index (χ3n) is 1.06. The van der Waals surface area contributed by atoms with E-state index in [-0.39, 0.29) is 6.10 Å². The van der Waals surface area contributed by atoms with E-state index in [2.05, 4.69) is 13.9 Å². The fraction of sp³-hybridized carbons (Fsp3) is 1.00. The molecule has 0 N–H and O–H groups in total. The van der Waals surface area contributed by atoms with E-state index in [4.69, 9.17) is 14.0 Å². The second-order valence-corrected chi connectivity index (χ2v) is 3.48. The minimum Gasteiger partial charge on any atom is -0.382 e. The molecule has 0 aromatic carbocycles. The largest absolute Gasteiger partial charge is 0.382 e. The fourth-order valence-corrected chi connectivity index (χ4v) is 0.969. The SMILES string of the molecule is COCCOCC(C)OP=NP. The van der Waals surface area contributed by atoms with Gasteiger partial charge in [-0.1, -0.05) is 0 Å². The monoisotopic (exact) mass is 211 g/mol. The zero-order valence-corrected chi connectivity index (χ0v) is 9.44. The van der Waals surface area contributed by atoms with Crippen molar-refractivity contribution in [2.24, 2.45) is 4.52 Å². The molecule has 0 fully saturated rings. The van der Waals surface area contributed by atoms with E-state index in [0.717, 1.165) is 0 Å². The van der Waals surface area contributed by atoms with Crippen molar-refractivity contribution in [1.29, 1.82) is 0 Å². The first-order chi connectivity index (χ1) is 5.81. The molecule has 2 unspecified atom stereocenters. The van der Waals surface area contributed by atoms with E-state index in [0.29, 0.717) is 28.4 Å². The van der Waals surface area contributed by atoms with Gasteiger partial charge in [0.25, 0.3) is 0 Å². The molecule has 0 aromatic heterocycles. The summed E-state index contributed by atoms with van der Waals surface area (Å²) in [6, 6.07) is 0. The Morgan fingerprint density at radius 2 is 2.25 bits per heavy atom. The van der Waals surface area contributed by atoms with E-state index in [9.17, 15) is 0 Å². The highest BCUT2D eigenvalue weighted by Gasteiger charge is 1.99. The molecule has 4 nitrogen and oxygen atoms in total. The van der Waals surface area contributed by atoms with Crippen molar-refractivity contribution in [3.8, 4) is 0 Å². The lowest BCUT2D eigenvalue weighted by atomic mass is 10.4. The molecule has 72 valence electrons. The van der Waals surface area contributed by atoms with Crippen LogP contribution in [0.15, 0.2) is 4.52 Å². The van der Waals surface area contributed by atoms with Gasteiger partial charge in [-0.15, -0.1) is 0 Å². The average Bonchev–Trinajstić information content (AvgIpc) is 2.09. The zero-order valence-electron chi connectivity index (χ0n) is 7.40. The number of nitrogens with zero attached hydrogens (tertiary/aromatic N) is 1. The summed E-state index contributed by atoms with van der Waals surface area (Å²) in [6.45, 7) is 3.75.